The van der Waals surface area contributed by atoms with E-state index in [9.17, 15) is 4.79 Å². The first-order chi connectivity index (χ1) is 10.7. The van der Waals surface area contributed by atoms with Gasteiger partial charge in [0, 0.05) is 25.4 Å². The van der Waals surface area contributed by atoms with E-state index in [1.165, 1.54) is 11.1 Å². The third-order valence-corrected chi connectivity index (χ3v) is 4.31. The molecule has 0 fully saturated rings. The summed E-state index contributed by atoms with van der Waals surface area (Å²) in [5.74, 6) is 0.499. The van der Waals surface area contributed by atoms with Gasteiger partial charge in [-0.25, -0.2) is 0 Å². The molecule has 2 N–H and O–H groups in total. The number of carbonyl (C=O) groups excluding carboxylic acids is 1. The highest BCUT2D eigenvalue weighted by Gasteiger charge is 2.24. The summed E-state index contributed by atoms with van der Waals surface area (Å²) in [5.41, 5.74) is 3.72. The lowest BCUT2D eigenvalue weighted by Gasteiger charge is -2.16. The Kier molecular flexibility index (Phi) is 5.80. The minimum Gasteiger partial charge on any atom is -0.354 e. The van der Waals surface area contributed by atoms with Crippen molar-refractivity contribution in [2.24, 2.45) is 13.0 Å². The summed E-state index contributed by atoms with van der Waals surface area (Å²) in [7, 11) is 3.65. The zero-order valence-corrected chi connectivity index (χ0v) is 14.3. The summed E-state index contributed by atoms with van der Waals surface area (Å²) in [5, 5.41) is 10.3. The summed E-state index contributed by atoms with van der Waals surface area (Å²) >= 11 is 0. The van der Waals surface area contributed by atoms with E-state index in [0.29, 0.717) is 12.5 Å². The van der Waals surface area contributed by atoms with Gasteiger partial charge in [0.2, 0.25) is 5.91 Å². The number of aryl methyl sites for hydroxylation is 1. The molecule has 0 aliphatic heterocycles. The Morgan fingerprint density at radius 1 is 1.35 bits per heavy atom. The highest BCUT2D eigenvalue weighted by Crippen LogP contribution is 2.26. The standard InChI is InChI=1S/C17H22N4O.ClH/c1-18-16(15-10-20-21(2)11-15)17(22)19-9-12-7-13-5-3-4-6-14(13)8-12;/h3-6,10-12,16,18H,7-9H2,1-2H3,(H,19,22);1H. The monoisotopic (exact) mass is 334 g/mol. The van der Waals surface area contributed by atoms with Gasteiger partial charge in [-0.3, -0.25) is 9.48 Å². The molecule has 3 rings (SSSR count). The summed E-state index contributed by atoms with van der Waals surface area (Å²) in [4.78, 5) is 12.4. The van der Waals surface area contributed by atoms with Crippen LogP contribution in [0.5, 0.6) is 0 Å². The van der Waals surface area contributed by atoms with Gasteiger partial charge in [0.15, 0.2) is 0 Å². The second-order valence-electron chi connectivity index (χ2n) is 5.96. The van der Waals surface area contributed by atoms with Crippen molar-refractivity contribution in [3.8, 4) is 0 Å². The van der Waals surface area contributed by atoms with Gasteiger partial charge < -0.3 is 10.6 Å². The van der Waals surface area contributed by atoms with Gasteiger partial charge in [-0.1, -0.05) is 24.3 Å². The highest BCUT2D eigenvalue weighted by atomic mass is 35.5. The Morgan fingerprint density at radius 3 is 2.52 bits per heavy atom. The Balaban J connectivity index is 0.00000192. The smallest absolute Gasteiger partial charge is 0.241 e. The van der Waals surface area contributed by atoms with Crippen molar-refractivity contribution >= 4 is 18.3 Å². The molecular weight excluding hydrogens is 312 g/mol. The minimum atomic E-state index is -0.350. The fourth-order valence-corrected chi connectivity index (χ4v) is 3.18. The van der Waals surface area contributed by atoms with Crippen LogP contribution in [0.4, 0.5) is 0 Å². The number of hydrogen-bond donors (Lipinski definition) is 2. The average molecular weight is 335 g/mol. The van der Waals surface area contributed by atoms with Crippen LogP contribution >= 0.6 is 12.4 Å². The maximum Gasteiger partial charge on any atom is 0.241 e. The van der Waals surface area contributed by atoms with E-state index in [-0.39, 0.29) is 24.4 Å². The zero-order valence-electron chi connectivity index (χ0n) is 13.5. The first-order valence-corrected chi connectivity index (χ1v) is 7.67. The van der Waals surface area contributed by atoms with Gasteiger partial charge in [0.25, 0.3) is 0 Å². The number of likely N-dealkylation sites (N-methyl/N-ethyl adjacent to an activating group) is 1. The maximum absolute atomic E-state index is 12.4. The maximum atomic E-state index is 12.4. The number of amides is 1. The van der Waals surface area contributed by atoms with Crippen LogP contribution in [0, 0.1) is 5.92 Å². The van der Waals surface area contributed by atoms with Gasteiger partial charge in [0.1, 0.15) is 6.04 Å². The van der Waals surface area contributed by atoms with Crippen LogP contribution in [-0.4, -0.2) is 29.3 Å². The van der Waals surface area contributed by atoms with Gasteiger partial charge in [-0.15, -0.1) is 12.4 Å². The Morgan fingerprint density at radius 2 is 2.00 bits per heavy atom. The molecule has 1 aromatic heterocycles. The van der Waals surface area contributed by atoms with E-state index in [1.54, 1.807) is 17.9 Å². The molecule has 1 atom stereocenters. The lowest BCUT2D eigenvalue weighted by molar-refractivity contribution is -0.123. The van der Waals surface area contributed by atoms with Gasteiger partial charge in [-0.2, -0.15) is 5.10 Å². The molecule has 0 spiro atoms. The van der Waals surface area contributed by atoms with Crippen LogP contribution in [0.15, 0.2) is 36.7 Å². The van der Waals surface area contributed by atoms with Crippen LogP contribution in [0.2, 0.25) is 0 Å². The van der Waals surface area contributed by atoms with E-state index in [0.717, 1.165) is 18.4 Å². The van der Waals surface area contributed by atoms with E-state index in [1.807, 2.05) is 13.2 Å². The number of nitrogens with one attached hydrogen (secondary N) is 2. The Hall–Kier alpha value is -1.85. The number of carbonyl (C=O) groups is 1. The number of hydrogen-bond acceptors (Lipinski definition) is 3. The number of halogens is 1. The summed E-state index contributed by atoms with van der Waals surface area (Å²) in [6, 6.07) is 8.18. The fraction of sp³-hybridized carbons (Fsp3) is 0.412. The molecule has 1 amide bonds. The molecule has 5 nitrogen and oxygen atoms in total. The topological polar surface area (TPSA) is 59.0 Å². The molecule has 0 saturated heterocycles. The molecule has 23 heavy (non-hydrogen) atoms. The van der Waals surface area contributed by atoms with Crippen molar-refractivity contribution in [1.82, 2.24) is 20.4 Å². The number of fused-ring (bicyclic) bond motifs is 1. The molecule has 0 saturated carbocycles. The third kappa shape index (κ3) is 3.92. The molecule has 1 aliphatic carbocycles. The van der Waals surface area contributed by atoms with E-state index in [4.69, 9.17) is 0 Å². The van der Waals surface area contributed by atoms with Gasteiger partial charge >= 0.3 is 0 Å². The van der Waals surface area contributed by atoms with Crippen LogP contribution < -0.4 is 10.6 Å². The largest absolute Gasteiger partial charge is 0.354 e. The lowest BCUT2D eigenvalue weighted by atomic mass is 10.1. The molecule has 1 unspecified atom stereocenters. The predicted octanol–water partition coefficient (Wildman–Crippen LogP) is 1.63. The number of rotatable bonds is 5. The van der Waals surface area contributed by atoms with Crippen molar-refractivity contribution < 1.29 is 4.79 Å². The lowest BCUT2D eigenvalue weighted by Crippen LogP contribution is -2.38. The fourth-order valence-electron chi connectivity index (χ4n) is 3.18. The molecule has 0 bridgehead atoms. The predicted molar refractivity (Wildman–Crippen MR) is 92.6 cm³/mol. The normalized spacial score (nSPS) is 14.9. The zero-order chi connectivity index (χ0) is 15.5. The second kappa shape index (κ2) is 7.62. The van der Waals surface area contributed by atoms with Crippen molar-refractivity contribution in [3.63, 3.8) is 0 Å². The van der Waals surface area contributed by atoms with Crippen molar-refractivity contribution in [3.05, 3.63) is 53.3 Å². The van der Waals surface area contributed by atoms with Gasteiger partial charge in [-0.05, 0) is 36.9 Å². The molecule has 0 radical (unpaired) electrons. The first kappa shape index (κ1) is 17.5. The molecule has 124 valence electrons. The molecule has 2 aromatic rings. The average Bonchev–Trinajstić information content (AvgIpc) is 3.12. The quantitative estimate of drug-likeness (QED) is 0.874. The number of benzene rings is 1. The van der Waals surface area contributed by atoms with Crippen molar-refractivity contribution in [1.29, 1.82) is 0 Å². The second-order valence-corrected chi connectivity index (χ2v) is 5.96. The molecule has 1 aliphatic rings. The number of nitrogens with zero attached hydrogens (tertiary/aromatic N) is 2. The third-order valence-electron chi connectivity index (χ3n) is 4.31. The summed E-state index contributed by atoms with van der Waals surface area (Å²) in [6.45, 7) is 0.714. The molecule has 1 heterocycles. The van der Waals surface area contributed by atoms with Crippen LogP contribution in [-0.2, 0) is 24.7 Å². The number of aromatic nitrogens is 2. The minimum absolute atomic E-state index is 0. The Bertz CT molecular complexity index is 645. The molecule has 1 aromatic carbocycles. The van der Waals surface area contributed by atoms with E-state index >= 15 is 0 Å². The van der Waals surface area contributed by atoms with Crippen LogP contribution in [0.25, 0.3) is 0 Å². The first-order valence-electron chi connectivity index (χ1n) is 7.67. The Labute approximate surface area is 142 Å². The van der Waals surface area contributed by atoms with Crippen LogP contribution in [0.3, 0.4) is 0 Å². The summed E-state index contributed by atoms with van der Waals surface area (Å²) < 4.78 is 1.71. The highest BCUT2D eigenvalue weighted by molar-refractivity contribution is 5.85. The van der Waals surface area contributed by atoms with Crippen molar-refractivity contribution in [2.75, 3.05) is 13.6 Å². The van der Waals surface area contributed by atoms with E-state index in [2.05, 4.69) is 40.0 Å². The molecular formula is C17H23ClN4O. The van der Waals surface area contributed by atoms with Gasteiger partial charge in [0.05, 0.1) is 6.20 Å². The summed E-state index contributed by atoms with van der Waals surface area (Å²) in [6.07, 6.45) is 5.69. The van der Waals surface area contributed by atoms with Crippen molar-refractivity contribution in [2.45, 2.75) is 18.9 Å². The van der Waals surface area contributed by atoms with E-state index < -0.39 is 0 Å². The molecule has 6 heteroatoms. The van der Waals surface area contributed by atoms with Crippen LogP contribution in [0.1, 0.15) is 22.7 Å². The SMILES string of the molecule is CNC(C(=O)NCC1Cc2ccccc2C1)c1cnn(C)c1.Cl.